The molecule has 0 saturated carbocycles. The number of aryl methyl sites for hydroxylation is 1. The van der Waals surface area contributed by atoms with Crippen LogP contribution >= 0.6 is 0 Å². The van der Waals surface area contributed by atoms with Gasteiger partial charge < -0.3 is 4.98 Å². The molecule has 0 amide bonds. The smallest absolute Gasteiger partial charge is 0.295 e. The lowest BCUT2D eigenvalue weighted by Crippen LogP contribution is -2.02. The third-order valence-corrected chi connectivity index (χ3v) is 5.11. The molecule has 7 nitrogen and oxygen atoms in total. The summed E-state index contributed by atoms with van der Waals surface area (Å²) in [5.41, 5.74) is 1.39. The highest BCUT2D eigenvalue weighted by atomic mass is 32.2. The van der Waals surface area contributed by atoms with Gasteiger partial charge in [-0.1, -0.05) is 6.07 Å². The largest absolute Gasteiger partial charge is 0.358 e. The summed E-state index contributed by atoms with van der Waals surface area (Å²) in [5.74, 6) is 0. The average molecular weight is 341 g/mol. The zero-order chi connectivity index (χ0) is 16.3. The first-order valence-corrected chi connectivity index (χ1v) is 8.96. The van der Waals surface area contributed by atoms with E-state index in [9.17, 15) is 21.4 Å². The molecule has 0 radical (unpaired) electrons. The van der Waals surface area contributed by atoms with Gasteiger partial charge in [0.15, 0.2) is 0 Å². The van der Waals surface area contributed by atoms with Crippen molar-refractivity contribution in [2.45, 2.75) is 16.7 Å². The normalized spacial score (nSPS) is 13.0. The van der Waals surface area contributed by atoms with Gasteiger partial charge in [-0.2, -0.15) is 16.8 Å². The number of aromatic nitrogens is 1. The first kappa shape index (κ1) is 15.0. The van der Waals surface area contributed by atoms with E-state index in [0.717, 1.165) is 11.8 Å². The predicted molar refractivity (Wildman–Crippen MR) is 80.2 cm³/mol. The Balaban J connectivity index is 2.58. The van der Waals surface area contributed by atoms with Crippen molar-refractivity contribution in [2.75, 3.05) is 0 Å². The number of fused-ring (bicyclic) bond motifs is 3. The van der Waals surface area contributed by atoms with Crippen LogP contribution in [0.1, 0.15) is 5.69 Å². The molecule has 3 aromatic rings. The minimum Gasteiger partial charge on any atom is -0.358 e. The number of benzene rings is 2. The molecular formula is C13H11NO6S2. The second-order valence-corrected chi connectivity index (χ2v) is 7.76. The SMILES string of the molecule is Cc1cc2cc(S(=O)(=O)O)c3cc(S(=O)(=O)O)ccc3c2[nH]1. The van der Waals surface area contributed by atoms with E-state index < -0.39 is 30.0 Å². The monoisotopic (exact) mass is 341 g/mol. The van der Waals surface area contributed by atoms with Gasteiger partial charge in [-0.25, -0.2) is 0 Å². The zero-order valence-electron chi connectivity index (χ0n) is 11.2. The van der Waals surface area contributed by atoms with Crippen LogP contribution in [0.5, 0.6) is 0 Å². The first-order valence-electron chi connectivity index (χ1n) is 6.08. The second kappa shape index (κ2) is 4.53. The molecule has 0 aliphatic heterocycles. The third kappa shape index (κ3) is 2.37. The molecule has 0 fully saturated rings. The average Bonchev–Trinajstić information content (AvgIpc) is 2.75. The van der Waals surface area contributed by atoms with Gasteiger partial charge in [0.25, 0.3) is 20.2 Å². The Morgan fingerprint density at radius 1 is 0.909 bits per heavy atom. The van der Waals surface area contributed by atoms with Crippen molar-refractivity contribution in [3.63, 3.8) is 0 Å². The van der Waals surface area contributed by atoms with Crippen LogP contribution < -0.4 is 0 Å². The second-order valence-electron chi connectivity index (χ2n) is 4.95. The minimum absolute atomic E-state index is 0.00646. The fourth-order valence-corrected chi connectivity index (χ4v) is 3.72. The van der Waals surface area contributed by atoms with Gasteiger partial charge in [0.2, 0.25) is 0 Å². The molecular weight excluding hydrogens is 330 g/mol. The molecule has 0 spiro atoms. The number of hydrogen-bond acceptors (Lipinski definition) is 4. The number of aromatic amines is 1. The highest BCUT2D eigenvalue weighted by Crippen LogP contribution is 2.33. The maximum absolute atomic E-state index is 11.6. The number of H-pyrrole nitrogens is 1. The van der Waals surface area contributed by atoms with Gasteiger partial charge in [0.05, 0.1) is 10.4 Å². The van der Waals surface area contributed by atoms with Gasteiger partial charge in [-0.3, -0.25) is 9.11 Å². The molecule has 1 heterocycles. The first-order chi connectivity index (χ1) is 10.1. The van der Waals surface area contributed by atoms with Crippen LogP contribution in [-0.4, -0.2) is 30.9 Å². The van der Waals surface area contributed by atoms with E-state index >= 15 is 0 Å². The molecule has 0 unspecified atom stereocenters. The van der Waals surface area contributed by atoms with Gasteiger partial charge in [0.1, 0.15) is 4.90 Å². The van der Waals surface area contributed by atoms with Crippen molar-refractivity contribution in [1.82, 2.24) is 4.98 Å². The topological polar surface area (TPSA) is 125 Å². The molecule has 0 saturated heterocycles. The molecule has 9 heteroatoms. The van der Waals surface area contributed by atoms with Gasteiger partial charge in [-0.05, 0) is 31.2 Å². The van der Waals surface area contributed by atoms with Crippen molar-refractivity contribution >= 4 is 41.9 Å². The Morgan fingerprint density at radius 2 is 1.59 bits per heavy atom. The summed E-state index contributed by atoms with van der Waals surface area (Å²) in [6.07, 6.45) is 0. The van der Waals surface area contributed by atoms with E-state index in [1.54, 1.807) is 13.0 Å². The fraction of sp³-hybridized carbons (Fsp3) is 0.0769. The highest BCUT2D eigenvalue weighted by Gasteiger charge is 2.20. The molecule has 3 N–H and O–H groups in total. The Kier molecular flexibility index (Phi) is 3.08. The summed E-state index contributed by atoms with van der Waals surface area (Å²) in [5, 5.41) is 0.995. The lowest BCUT2D eigenvalue weighted by Gasteiger charge is -2.07. The Bertz CT molecular complexity index is 1130. The van der Waals surface area contributed by atoms with E-state index in [1.807, 2.05) is 0 Å². The van der Waals surface area contributed by atoms with Gasteiger partial charge in [0, 0.05) is 21.9 Å². The molecule has 22 heavy (non-hydrogen) atoms. The fourth-order valence-electron chi connectivity index (χ4n) is 2.49. The summed E-state index contributed by atoms with van der Waals surface area (Å²) in [7, 11) is -9.06. The van der Waals surface area contributed by atoms with Crippen LogP contribution in [0, 0.1) is 6.92 Å². The van der Waals surface area contributed by atoms with Crippen LogP contribution in [0.4, 0.5) is 0 Å². The van der Waals surface area contributed by atoms with Crippen LogP contribution in [0.25, 0.3) is 21.7 Å². The van der Waals surface area contributed by atoms with Crippen LogP contribution in [0.3, 0.4) is 0 Å². The zero-order valence-corrected chi connectivity index (χ0v) is 12.9. The maximum atomic E-state index is 11.6. The van der Waals surface area contributed by atoms with Crippen molar-refractivity contribution in [3.8, 4) is 0 Å². The van der Waals surface area contributed by atoms with E-state index in [1.165, 1.54) is 18.2 Å². The van der Waals surface area contributed by atoms with Crippen LogP contribution in [0.2, 0.25) is 0 Å². The van der Waals surface area contributed by atoms with E-state index in [4.69, 9.17) is 4.55 Å². The standard InChI is InChI=1S/C13H11NO6S2/c1-7-4-8-5-12(22(18,19)20)11-6-9(21(15,16)17)2-3-10(11)13(8)14-7/h2-6,14H,1H3,(H,15,16,17)(H,18,19,20). The molecule has 1 aromatic heterocycles. The van der Waals surface area contributed by atoms with Crippen LogP contribution in [0.15, 0.2) is 40.1 Å². The van der Waals surface area contributed by atoms with Crippen LogP contribution in [-0.2, 0) is 20.2 Å². The molecule has 2 aromatic carbocycles. The summed E-state index contributed by atoms with van der Waals surface area (Å²) < 4.78 is 64.2. The Labute approximate surface area is 126 Å². The van der Waals surface area contributed by atoms with Gasteiger partial charge >= 0.3 is 0 Å². The minimum atomic E-state index is -4.56. The lowest BCUT2D eigenvalue weighted by atomic mass is 10.1. The number of nitrogens with one attached hydrogen (secondary N) is 1. The van der Waals surface area contributed by atoms with E-state index in [0.29, 0.717) is 16.3 Å². The molecule has 116 valence electrons. The Morgan fingerprint density at radius 3 is 2.18 bits per heavy atom. The van der Waals surface area contributed by atoms with Crippen molar-refractivity contribution in [3.05, 3.63) is 36.0 Å². The molecule has 0 atom stereocenters. The summed E-state index contributed by atoms with van der Waals surface area (Å²) >= 11 is 0. The third-order valence-electron chi connectivity index (χ3n) is 3.37. The van der Waals surface area contributed by atoms with Gasteiger partial charge in [-0.15, -0.1) is 0 Å². The number of hydrogen-bond donors (Lipinski definition) is 3. The highest BCUT2D eigenvalue weighted by molar-refractivity contribution is 7.86. The van der Waals surface area contributed by atoms with Crippen molar-refractivity contribution in [2.24, 2.45) is 0 Å². The molecule has 0 aliphatic carbocycles. The molecule has 0 aliphatic rings. The summed E-state index contributed by atoms with van der Waals surface area (Å²) in [6, 6.07) is 6.53. The predicted octanol–water partition coefficient (Wildman–Crippen LogP) is 2.12. The Hall–Kier alpha value is -1.94. The quantitative estimate of drug-likeness (QED) is 0.613. The van der Waals surface area contributed by atoms with E-state index in [2.05, 4.69) is 4.98 Å². The number of rotatable bonds is 2. The molecule has 0 bridgehead atoms. The summed E-state index contributed by atoms with van der Waals surface area (Å²) in [6.45, 7) is 1.78. The van der Waals surface area contributed by atoms with Crippen molar-refractivity contribution < 1.29 is 25.9 Å². The summed E-state index contributed by atoms with van der Waals surface area (Å²) in [4.78, 5) is 2.18. The molecule has 3 rings (SSSR count). The van der Waals surface area contributed by atoms with E-state index in [-0.39, 0.29) is 5.39 Å². The maximum Gasteiger partial charge on any atom is 0.295 e. The van der Waals surface area contributed by atoms with Crippen molar-refractivity contribution in [1.29, 1.82) is 0 Å². The lowest BCUT2D eigenvalue weighted by molar-refractivity contribution is 0.480.